The zero-order valence-electron chi connectivity index (χ0n) is 7.01. The average molecular weight is 257 g/mol. The van der Waals surface area contributed by atoms with Crippen molar-refractivity contribution in [1.82, 2.24) is 4.98 Å². The number of fused-ring (bicyclic) bond motifs is 1. The van der Waals surface area contributed by atoms with Gasteiger partial charge in [0.1, 0.15) is 5.15 Å². The number of aromatic nitrogens is 1. The third-order valence-electron chi connectivity index (χ3n) is 2.00. The fourth-order valence-corrected chi connectivity index (χ4v) is 1.89. The predicted molar refractivity (Wildman–Crippen MR) is 59.2 cm³/mol. The summed E-state index contributed by atoms with van der Waals surface area (Å²) in [6.07, 6.45) is 1.79. The lowest BCUT2D eigenvalue weighted by molar-refractivity contribution is 1.31. The van der Waals surface area contributed by atoms with Crippen molar-refractivity contribution in [3.8, 4) is 0 Å². The summed E-state index contributed by atoms with van der Waals surface area (Å²) in [5.74, 6) is 0. The van der Waals surface area contributed by atoms with Gasteiger partial charge in [0, 0.05) is 16.1 Å². The molecule has 13 heavy (non-hydrogen) atoms. The van der Waals surface area contributed by atoms with Crippen LogP contribution in [0.25, 0.3) is 10.8 Å². The average Bonchev–Trinajstić information content (AvgIpc) is 2.12. The normalized spacial score (nSPS) is 10.7. The van der Waals surface area contributed by atoms with Gasteiger partial charge in [0.15, 0.2) is 0 Å². The van der Waals surface area contributed by atoms with Gasteiger partial charge in [0.25, 0.3) is 0 Å². The number of nitrogens with zero attached hydrogens (tertiary/aromatic N) is 1. The highest BCUT2D eigenvalue weighted by Gasteiger charge is 2.02. The third-order valence-corrected chi connectivity index (χ3v) is 2.79. The summed E-state index contributed by atoms with van der Waals surface area (Å²) >= 11 is 9.37. The largest absolute Gasteiger partial charge is 0.244 e. The summed E-state index contributed by atoms with van der Waals surface area (Å²) in [6.45, 7) is 2.03. The van der Waals surface area contributed by atoms with E-state index < -0.39 is 0 Å². The Labute approximate surface area is 89.9 Å². The number of halogens is 2. The summed E-state index contributed by atoms with van der Waals surface area (Å²) in [6, 6.07) is 6.03. The Morgan fingerprint density at radius 2 is 2.08 bits per heavy atom. The first-order valence-corrected chi connectivity index (χ1v) is 5.06. The molecule has 1 heterocycles. The highest BCUT2D eigenvalue weighted by atomic mass is 79.9. The molecule has 0 aliphatic heterocycles. The van der Waals surface area contributed by atoms with E-state index in [9.17, 15) is 0 Å². The molecule has 0 saturated heterocycles. The predicted octanol–water partition coefficient (Wildman–Crippen LogP) is 3.96. The molecule has 3 heteroatoms. The van der Waals surface area contributed by atoms with Crippen LogP contribution in [0.15, 0.2) is 28.9 Å². The quantitative estimate of drug-likeness (QED) is 0.650. The smallest absolute Gasteiger partial charge is 0.136 e. The molecule has 0 saturated carbocycles. The van der Waals surface area contributed by atoms with E-state index in [1.807, 2.05) is 25.1 Å². The molecule has 1 aromatic heterocycles. The summed E-state index contributed by atoms with van der Waals surface area (Å²) in [5.41, 5.74) is 1.15. The Morgan fingerprint density at radius 3 is 2.85 bits per heavy atom. The molecule has 0 N–H and O–H groups in total. The van der Waals surface area contributed by atoms with Gasteiger partial charge in [-0.1, -0.05) is 33.6 Å². The zero-order chi connectivity index (χ0) is 9.42. The molecule has 0 atom stereocenters. The minimum atomic E-state index is 0.557. The second kappa shape index (κ2) is 3.28. The van der Waals surface area contributed by atoms with E-state index >= 15 is 0 Å². The van der Waals surface area contributed by atoms with Crippen LogP contribution in [0.1, 0.15) is 5.56 Å². The molecule has 0 unspecified atom stereocenters. The molecule has 66 valence electrons. The highest BCUT2D eigenvalue weighted by Crippen LogP contribution is 2.26. The van der Waals surface area contributed by atoms with Crippen LogP contribution >= 0.6 is 27.5 Å². The van der Waals surface area contributed by atoms with E-state index in [4.69, 9.17) is 11.6 Å². The van der Waals surface area contributed by atoms with E-state index in [1.54, 1.807) is 6.20 Å². The van der Waals surface area contributed by atoms with Crippen molar-refractivity contribution in [3.05, 3.63) is 39.6 Å². The van der Waals surface area contributed by atoms with Gasteiger partial charge in [0.05, 0.1) is 0 Å². The molecule has 0 radical (unpaired) electrons. The highest BCUT2D eigenvalue weighted by molar-refractivity contribution is 9.10. The van der Waals surface area contributed by atoms with Crippen molar-refractivity contribution in [1.29, 1.82) is 0 Å². The standard InChI is InChI=1S/C10H7BrClN/c1-6-5-13-10(12)9-4-7(11)2-3-8(6)9/h2-5H,1H3. The first-order chi connectivity index (χ1) is 6.18. The zero-order valence-corrected chi connectivity index (χ0v) is 9.35. The fraction of sp³-hybridized carbons (Fsp3) is 0.100. The van der Waals surface area contributed by atoms with Crippen LogP contribution in [0.5, 0.6) is 0 Å². The van der Waals surface area contributed by atoms with Crippen molar-refractivity contribution < 1.29 is 0 Å². The molecule has 0 bridgehead atoms. The van der Waals surface area contributed by atoms with Gasteiger partial charge < -0.3 is 0 Å². The molecule has 2 rings (SSSR count). The lowest BCUT2D eigenvalue weighted by Gasteiger charge is -2.03. The first-order valence-electron chi connectivity index (χ1n) is 3.89. The Bertz CT molecular complexity index is 468. The number of hydrogen-bond donors (Lipinski definition) is 0. The van der Waals surface area contributed by atoms with Gasteiger partial charge in [-0.15, -0.1) is 0 Å². The third kappa shape index (κ3) is 1.56. The van der Waals surface area contributed by atoms with Gasteiger partial charge in [-0.2, -0.15) is 0 Å². The van der Waals surface area contributed by atoms with Crippen LogP contribution in [0.4, 0.5) is 0 Å². The van der Waals surface area contributed by atoms with E-state index in [0.717, 1.165) is 20.8 Å². The van der Waals surface area contributed by atoms with Crippen LogP contribution in [-0.4, -0.2) is 4.98 Å². The maximum absolute atomic E-state index is 5.97. The molecule has 2 aromatic rings. The Balaban J connectivity index is 2.92. The fourth-order valence-electron chi connectivity index (χ4n) is 1.32. The molecule has 0 spiro atoms. The molecule has 0 fully saturated rings. The van der Waals surface area contributed by atoms with Gasteiger partial charge in [-0.3, -0.25) is 0 Å². The lowest BCUT2D eigenvalue weighted by Crippen LogP contribution is -1.83. The van der Waals surface area contributed by atoms with Crippen LogP contribution in [0, 0.1) is 6.92 Å². The van der Waals surface area contributed by atoms with E-state index in [-0.39, 0.29) is 0 Å². The lowest BCUT2D eigenvalue weighted by atomic mass is 10.1. The van der Waals surface area contributed by atoms with Crippen LogP contribution in [0.2, 0.25) is 5.15 Å². The molecule has 1 aromatic carbocycles. The number of hydrogen-bond acceptors (Lipinski definition) is 1. The van der Waals surface area contributed by atoms with Crippen molar-refractivity contribution in [2.24, 2.45) is 0 Å². The minimum absolute atomic E-state index is 0.557. The summed E-state index contributed by atoms with van der Waals surface area (Å²) in [7, 11) is 0. The van der Waals surface area contributed by atoms with E-state index in [1.165, 1.54) is 0 Å². The number of benzene rings is 1. The second-order valence-electron chi connectivity index (χ2n) is 2.92. The van der Waals surface area contributed by atoms with Crippen molar-refractivity contribution in [2.75, 3.05) is 0 Å². The van der Waals surface area contributed by atoms with Crippen molar-refractivity contribution >= 4 is 38.3 Å². The van der Waals surface area contributed by atoms with Crippen LogP contribution < -0.4 is 0 Å². The number of aryl methyl sites for hydroxylation is 1. The molecule has 0 aliphatic carbocycles. The summed E-state index contributed by atoms with van der Waals surface area (Å²) in [4.78, 5) is 4.09. The number of rotatable bonds is 0. The number of pyridine rings is 1. The topological polar surface area (TPSA) is 12.9 Å². The SMILES string of the molecule is Cc1cnc(Cl)c2cc(Br)ccc12. The molecule has 0 amide bonds. The maximum Gasteiger partial charge on any atom is 0.136 e. The van der Waals surface area contributed by atoms with Crippen LogP contribution in [-0.2, 0) is 0 Å². The monoisotopic (exact) mass is 255 g/mol. The second-order valence-corrected chi connectivity index (χ2v) is 4.20. The molecular formula is C10H7BrClN. The van der Waals surface area contributed by atoms with Crippen molar-refractivity contribution in [2.45, 2.75) is 6.92 Å². The molecule has 1 nitrogen and oxygen atoms in total. The molecule has 0 aliphatic rings. The minimum Gasteiger partial charge on any atom is -0.244 e. The first kappa shape index (κ1) is 8.97. The van der Waals surface area contributed by atoms with Crippen molar-refractivity contribution in [3.63, 3.8) is 0 Å². The van der Waals surface area contributed by atoms with E-state index in [0.29, 0.717) is 5.15 Å². The molecular weight excluding hydrogens is 249 g/mol. The van der Waals surface area contributed by atoms with Gasteiger partial charge in [-0.25, -0.2) is 4.98 Å². The van der Waals surface area contributed by atoms with Gasteiger partial charge in [0.2, 0.25) is 0 Å². The summed E-state index contributed by atoms with van der Waals surface area (Å²) in [5, 5.41) is 2.71. The maximum atomic E-state index is 5.97. The van der Waals surface area contributed by atoms with Gasteiger partial charge >= 0.3 is 0 Å². The Hall–Kier alpha value is -0.600. The van der Waals surface area contributed by atoms with Crippen LogP contribution in [0.3, 0.4) is 0 Å². The van der Waals surface area contributed by atoms with Gasteiger partial charge in [-0.05, 0) is 30.0 Å². The van der Waals surface area contributed by atoms with E-state index in [2.05, 4.69) is 20.9 Å². The Kier molecular flexibility index (Phi) is 2.26. The summed E-state index contributed by atoms with van der Waals surface area (Å²) < 4.78 is 1.02. The Morgan fingerprint density at radius 1 is 1.31 bits per heavy atom.